The van der Waals surface area contributed by atoms with Crippen LogP contribution in [0.4, 0.5) is 0 Å². The monoisotopic (exact) mass is 371 g/mol. The molecule has 150 valence electrons. The summed E-state index contributed by atoms with van der Waals surface area (Å²) in [5.74, 6) is -0.866. The number of carbonyl (C=O) groups is 1. The van der Waals surface area contributed by atoms with E-state index in [1.54, 1.807) is 6.07 Å². The molecule has 1 heterocycles. The Labute approximate surface area is 164 Å². The molecule has 1 aromatic heterocycles. The van der Waals surface area contributed by atoms with Crippen LogP contribution >= 0.6 is 0 Å². The molecule has 3 nitrogen and oxygen atoms in total. The molecule has 0 fully saturated rings. The maximum absolute atomic E-state index is 11.3. The number of para-hydroxylation sites is 1. The zero-order valence-electron chi connectivity index (χ0n) is 17.1. The number of fused-ring (bicyclic) bond motifs is 1. The molecule has 0 unspecified atom stereocenters. The van der Waals surface area contributed by atoms with E-state index in [-0.39, 0.29) is 0 Å². The second-order valence-electron chi connectivity index (χ2n) is 7.86. The highest BCUT2D eigenvalue weighted by atomic mass is 16.4. The van der Waals surface area contributed by atoms with Gasteiger partial charge in [-0.2, -0.15) is 0 Å². The van der Waals surface area contributed by atoms with Gasteiger partial charge >= 0.3 is 5.97 Å². The molecule has 0 saturated heterocycles. The van der Waals surface area contributed by atoms with E-state index in [1.807, 2.05) is 12.1 Å². The number of hydrogen-bond donors (Lipinski definition) is 2. The molecule has 27 heavy (non-hydrogen) atoms. The molecule has 2 rings (SSSR count). The fourth-order valence-corrected chi connectivity index (χ4v) is 3.86. The highest BCUT2D eigenvalue weighted by molar-refractivity contribution is 6.02. The Morgan fingerprint density at radius 2 is 1.41 bits per heavy atom. The van der Waals surface area contributed by atoms with E-state index in [1.165, 1.54) is 83.5 Å². The summed E-state index contributed by atoms with van der Waals surface area (Å²) < 4.78 is 0. The number of unbranched alkanes of at least 4 members (excludes halogenated alkanes) is 12. The number of aromatic carboxylic acids is 1. The van der Waals surface area contributed by atoms with Gasteiger partial charge in [-0.15, -0.1) is 0 Å². The molecule has 0 bridgehead atoms. The summed E-state index contributed by atoms with van der Waals surface area (Å²) in [6, 6.07) is 7.55. The summed E-state index contributed by atoms with van der Waals surface area (Å²) in [4.78, 5) is 14.6. The van der Waals surface area contributed by atoms with Crippen LogP contribution in [0, 0.1) is 0 Å². The predicted octanol–water partition coefficient (Wildman–Crippen LogP) is 7.50. The molecule has 0 aliphatic rings. The molecule has 2 aromatic rings. The first-order valence-corrected chi connectivity index (χ1v) is 11.1. The average molecular weight is 372 g/mol. The van der Waals surface area contributed by atoms with Gasteiger partial charge in [-0.25, -0.2) is 4.79 Å². The lowest BCUT2D eigenvalue weighted by Gasteiger charge is -2.03. The molecule has 0 aliphatic carbocycles. The van der Waals surface area contributed by atoms with Gasteiger partial charge in [0, 0.05) is 11.1 Å². The fraction of sp³-hybridized carbons (Fsp3) is 0.625. The van der Waals surface area contributed by atoms with Crippen LogP contribution < -0.4 is 0 Å². The third-order valence-corrected chi connectivity index (χ3v) is 5.49. The number of aromatic amines is 1. The summed E-state index contributed by atoms with van der Waals surface area (Å²) in [6.45, 7) is 2.27. The molecular weight excluding hydrogens is 334 g/mol. The topological polar surface area (TPSA) is 53.1 Å². The molecule has 1 aromatic carbocycles. The van der Waals surface area contributed by atoms with Crippen LogP contribution in [0.25, 0.3) is 10.9 Å². The number of benzene rings is 1. The van der Waals surface area contributed by atoms with Gasteiger partial charge in [-0.3, -0.25) is 0 Å². The molecule has 0 aliphatic heterocycles. The first-order chi connectivity index (χ1) is 13.2. The molecule has 2 N–H and O–H groups in total. The van der Waals surface area contributed by atoms with Crippen molar-refractivity contribution < 1.29 is 9.90 Å². The molecule has 0 amide bonds. The molecule has 0 saturated carbocycles. The SMILES string of the molecule is CCCCCCCCCCCCCCCc1cc2cccc(C(=O)O)c2[nH]1. The summed E-state index contributed by atoms with van der Waals surface area (Å²) in [5, 5.41) is 10.3. The number of hydrogen-bond acceptors (Lipinski definition) is 1. The number of H-pyrrole nitrogens is 1. The number of carboxylic acid groups (broad SMARTS) is 1. The summed E-state index contributed by atoms with van der Waals surface area (Å²) >= 11 is 0. The zero-order chi connectivity index (χ0) is 19.3. The highest BCUT2D eigenvalue weighted by Gasteiger charge is 2.10. The Balaban J connectivity index is 1.52. The van der Waals surface area contributed by atoms with Gasteiger partial charge in [0.25, 0.3) is 0 Å². The lowest BCUT2D eigenvalue weighted by Crippen LogP contribution is -1.96. The standard InChI is InChI=1S/C24H37NO2/c1-2-3-4-5-6-7-8-9-10-11-12-13-14-17-21-19-20-16-15-18-22(24(26)27)23(20)25-21/h15-16,18-19,25H,2-14,17H2,1H3,(H,26,27). The maximum atomic E-state index is 11.3. The number of carboxylic acids is 1. The third kappa shape index (κ3) is 7.78. The van der Waals surface area contributed by atoms with Crippen molar-refractivity contribution in [2.45, 2.75) is 96.8 Å². The van der Waals surface area contributed by atoms with E-state index >= 15 is 0 Å². The number of nitrogens with one attached hydrogen (secondary N) is 1. The van der Waals surface area contributed by atoms with Gasteiger partial charge < -0.3 is 10.1 Å². The summed E-state index contributed by atoms with van der Waals surface area (Å²) in [6.07, 6.45) is 18.7. The molecule has 0 radical (unpaired) electrons. The van der Waals surface area contributed by atoms with Gasteiger partial charge in [0.15, 0.2) is 0 Å². The van der Waals surface area contributed by atoms with Gasteiger partial charge in [-0.1, -0.05) is 96.1 Å². The number of aryl methyl sites for hydroxylation is 1. The smallest absolute Gasteiger partial charge is 0.337 e. The van der Waals surface area contributed by atoms with Crippen molar-refractivity contribution in [1.82, 2.24) is 4.98 Å². The van der Waals surface area contributed by atoms with Gasteiger partial charge in [-0.05, 0) is 25.0 Å². The van der Waals surface area contributed by atoms with Crippen molar-refractivity contribution in [2.24, 2.45) is 0 Å². The lowest BCUT2D eigenvalue weighted by atomic mass is 10.0. The second kappa shape index (κ2) is 12.6. The molecule has 0 atom stereocenters. The normalized spacial score (nSPS) is 11.3. The minimum absolute atomic E-state index is 0.365. The van der Waals surface area contributed by atoms with E-state index in [4.69, 9.17) is 0 Å². The van der Waals surface area contributed by atoms with Crippen LogP contribution in [0.5, 0.6) is 0 Å². The average Bonchev–Trinajstić information content (AvgIpc) is 3.08. The van der Waals surface area contributed by atoms with Crippen molar-refractivity contribution in [3.05, 3.63) is 35.5 Å². The summed E-state index contributed by atoms with van der Waals surface area (Å²) in [5.41, 5.74) is 2.28. The maximum Gasteiger partial charge on any atom is 0.337 e. The minimum atomic E-state index is -0.866. The second-order valence-corrected chi connectivity index (χ2v) is 7.86. The predicted molar refractivity (Wildman–Crippen MR) is 115 cm³/mol. The third-order valence-electron chi connectivity index (χ3n) is 5.49. The van der Waals surface area contributed by atoms with Gasteiger partial charge in [0.05, 0.1) is 11.1 Å². The van der Waals surface area contributed by atoms with Crippen LogP contribution in [-0.2, 0) is 6.42 Å². The first kappa shape index (κ1) is 21.5. The summed E-state index contributed by atoms with van der Waals surface area (Å²) in [7, 11) is 0. The van der Waals surface area contributed by atoms with Crippen LogP contribution in [0.15, 0.2) is 24.3 Å². The Morgan fingerprint density at radius 1 is 0.852 bits per heavy atom. The highest BCUT2D eigenvalue weighted by Crippen LogP contribution is 2.21. The van der Waals surface area contributed by atoms with Crippen molar-refractivity contribution in [1.29, 1.82) is 0 Å². The Kier molecular flexibility index (Phi) is 10.0. The number of rotatable bonds is 15. The van der Waals surface area contributed by atoms with Gasteiger partial charge in [0.1, 0.15) is 0 Å². The van der Waals surface area contributed by atoms with Crippen LogP contribution in [-0.4, -0.2) is 16.1 Å². The Morgan fingerprint density at radius 3 is 1.96 bits per heavy atom. The van der Waals surface area contributed by atoms with Crippen LogP contribution in [0.1, 0.15) is 106 Å². The molecular formula is C24H37NO2. The lowest BCUT2D eigenvalue weighted by molar-refractivity contribution is 0.0699. The quantitative estimate of drug-likeness (QED) is 0.318. The first-order valence-electron chi connectivity index (χ1n) is 11.1. The van der Waals surface area contributed by atoms with E-state index in [0.717, 1.165) is 23.0 Å². The van der Waals surface area contributed by atoms with Crippen molar-refractivity contribution in [3.8, 4) is 0 Å². The zero-order valence-corrected chi connectivity index (χ0v) is 17.1. The van der Waals surface area contributed by atoms with Crippen molar-refractivity contribution in [2.75, 3.05) is 0 Å². The molecule has 0 spiro atoms. The largest absolute Gasteiger partial charge is 0.478 e. The van der Waals surface area contributed by atoms with Crippen LogP contribution in [0.2, 0.25) is 0 Å². The van der Waals surface area contributed by atoms with E-state index in [9.17, 15) is 9.90 Å². The van der Waals surface area contributed by atoms with Crippen LogP contribution in [0.3, 0.4) is 0 Å². The Bertz CT molecular complexity index is 674. The van der Waals surface area contributed by atoms with Crippen molar-refractivity contribution in [3.63, 3.8) is 0 Å². The van der Waals surface area contributed by atoms with Gasteiger partial charge in [0.2, 0.25) is 0 Å². The molecule has 3 heteroatoms. The van der Waals surface area contributed by atoms with E-state index in [0.29, 0.717) is 5.56 Å². The number of aromatic nitrogens is 1. The van der Waals surface area contributed by atoms with E-state index in [2.05, 4.69) is 18.0 Å². The van der Waals surface area contributed by atoms with E-state index < -0.39 is 5.97 Å². The van der Waals surface area contributed by atoms with Crippen molar-refractivity contribution >= 4 is 16.9 Å². The fourth-order valence-electron chi connectivity index (χ4n) is 3.86. The minimum Gasteiger partial charge on any atom is -0.478 e. The Hall–Kier alpha value is -1.77.